The molecular weight excluding hydrogens is 200 g/mol. The maximum Gasteiger partial charge on any atom is 0.330 e. The molecule has 0 spiro atoms. The second kappa shape index (κ2) is 4.08. The number of esters is 1. The average molecular weight is 220 g/mol. The summed E-state index contributed by atoms with van der Waals surface area (Å²) in [6.07, 6.45) is 6.99. The molecule has 88 valence electrons. The van der Waals surface area contributed by atoms with E-state index < -0.39 is 0 Å². The van der Waals surface area contributed by atoms with E-state index in [1.807, 2.05) is 0 Å². The van der Waals surface area contributed by atoms with Gasteiger partial charge in [0, 0.05) is 12.5 Å². The first-order chi connectivity index (χ1) is 7.55. The van der Waals surface area contributed by atoms with Crippen molar-refractivity contribution in [2.24, 2.45) is 17.3 Å². The van der Waals surface area contributed by atoms with Crippen LogP contribution in [0.15, 0.2) is 24.3 Å². The molecule has 1 fully saturated rings. The van der Waals surface area contributed by atoms with E-state index >= 15 is 0 Å². The number of rotatable bonds is 4. The maximum absolute atomic E-state index is 10.9. The lowest BCUT2D eigenvalue weighted by molar-refractivity contribution is -0.137. The molecule has 0 aromatic heterocycles. The Hall–Kier alpha value is -1.05. The number of allylic oxidation sites excluding steroid dienone is 1. The van der Waals surface area contributed by atoms with Gasteiger partial charge in [-0.2, -0.15) is 0 Å². The highest BCUT2D eigenvalue weighted by atomic mass is 16.5. The number of ether oxygens (including phenoxy) is 1. The number of carbonyl (C=O) groups excluding carboxylic acids is 1. The van der Waals surface area contributed by atoms with Crippen LogP contribution < -0.4 is 0 Å². The van der Waals surface area contributed by atoms with Crippen LogP contribution in [0.1, 0.15) is 33.1 Å². The zero-order chi connectivity index (χ0) is 11.8. The molecule has 0 radical (unpaired) electrons. The average Bonchev–Trinajstić information content (AvgIpc) is 2.28. The van der Waals surface area contributed by atoms with Crippen molar-refractivity contribution >= 4 is 5.97 Å². The van der Waals surface area contributed by atoms with Gasteiger partial charge in [0.25, 0.3) is 0 Å². The van der Waals surface area contributed by atoms with Crippen molar-refractivity contribution < 1.29 is 9.53 Å². The van der Waals surface area contributed by atoms with Crippen molar-refractivity contribution in [3.8, 4) is 0 Å². The van der Waals surface area contributed by atoms with Gasteiger partial charge in [0.2, 0.25) is 0 Å². The fraction of sp³-hybridized carbons (Fsp3) is 0.643. The maximum atomic E-state index is 10.9. The van der Waals surface area contributed by atoms with Crippen molar-refractivity contribution in [1.29, 1.82) is 0 Å². The predicted molar refractivity (Wildman–Crippen MR) is 63.9 cm³/mol. The molecule has 0 aliphatic heterocycles. The largest absolute Gasteiger partial charge is 0.462 e. The summed E-state index contributed by atoms with van der Waals surface area (Å²) in [5, 5.41) is 0. The summed E-state index contributed by atoms with van der Waals surface area (Å²) in [5.74, 6) is 1.27. The summed E-state index contributed by atoms with van der Waals surface area (Å²) in [4.78, 5) is 10.9. The smallest absolute Gasteiger partial charge is 0.330 e. The summed E-state index contributed by atoms with van der Waals surface area (Å²) >= 11 is 0. The minimum absolute atomic E-state index is 0.317. The molecule has 3 aliphatic rings. The molecule has 1 saturated carbocycles. The summed E-state index contributed by atoms with van der Waals surface area (Å²) in [5.41, 5.74) is 1.95. The van der Waals surface area contributed by atoms with Crippen molar-refractivity contribution in [2.75, 3.05) is 6.61 Å². The van der Waals surface area contributed by atoms with E-state index in [1.165, 1.54) is 24.5 Å². The normalized spacial score (nSPS) is 30.0. The lowest BCUT2D eigenvalue weighted by atomic mass is 9.48. The SMILES string of the molecule is C=CC(=O)OCCC1=CCC2CC1C2(C)C. The minimum Gasteiger partial charge on any atom is -0.462 e. The van der Waals surface area contributed by atoms with Gasteiger partial charge in [-0.15, -0.1) is 0 Å². The van der Waals surface area contributed by atoms with E-state index in [0.717, 1.165) is 12.3 Å². The molecule has 3 aliphatic carbocycles. The quantitative estimate of drug-likeness (QED) is 0.413. The van der Waals surface area contributed by atoms with Gasteiger partial charge in [-0.3, -0.25) is 0 Å². The Bertz CT molecular complexity index is 339. The van der Waals surface area contributed by atoms with Gasteiger partial charge in [-0.25, -0.2) is 4.79 Å². The van der Waals surface area contributed by atoms with Crippen LogP contribution in [0.25, 0.3) is 0 Å². The molecule has 2 nitrogen and oxygen atoms in total. The third kappa shape index (κ3) is 1.81. The highest BCUT2D eigenvalue weighted by Crippen LogP contribution is 2.59. The summed E-state index contributed by atoms with van der Waals surface area (Å²) in [6.45, 7) is 8.59. The highest BCUT2D eigenvalue weighted by molar-refractivity contribution is 5.81. The Balaban J connectivity index is 1.85. The Morgan fingerprint density at radius 1 is 1.69 bits per heavy atom. The van der Waals surface area contributed by atoms with Gasteiger partial charge in [0.1, 0.15) is 0 Å². The molecule has 0 N–H and O–H groups in total. The van der Waals surface area contributed by atoms with E-state index in [2.05, 4.69) is 26.5 Å². The molecule has 0 heterocycles. The number of hydrogen-bond donors (Lipinski definition) is 0. The van der Waals surface area contributed by atoms with Crippen LogP contribution in [0.4, 0.5) is 0 Å². The molecule has 2 heteroatoms. The van der Waals surface area contributed by atoms with Crippen molar-refractivity contribution in [3.63, 3.8) is 0 Å². The van der Waals surface area contributed by atoms with Crippen LogP contribution in [0.5, 0.6) is 0 Å². The molecule has 2 bridgehead atoms. The third-order valence-electron chi connectivity index (χ3n) is 4.38. The lowest BCUT2D eigenvalue weighted by Gasteiger charge is -2.56. The molecular formula is C14H20O2. The van der Waals surface area contributed by atoms with E-state index in [0.29, 0.717) is 17.9 Å². The molecule has 16 heavy (non-hydrogen) atoms. The van der Waals surface area contributed by atoms with Crippen molar-refractivity contribution in [2.45, 2.75) is 33.1 Å². The standard InChI is InChI=1S/C14H20O2/c1-4-13(15)16-8-7-10-5-6-11-9-12(10)14(11,2)3/h4-5,11-12H,1,6-9H2,2-3H3. The second-order valence-corrected chi connectivity index (χ2v) is 5.44. The van der Waals surface area contributed by atoms with Crippen LogP contribution >= 0.6 is 0 Å². The van der Waals surface area contributed by atoms with Crippen LogP contribution in [0.2, 0.25) is 0 Å². The summed E-state index contributed by atoms with van der Waals surface area (Å²) in [7, 11) is 0. The van der Waals surface area contributed by atoms with Crippen LogP contribution in [-0.2, 0) is 9.53 Å². The fourth-order valence-corrected chi connectivity index (χ4v) is 3.09. The summed E-state index contributed by atoms with van der Waals surface area (Å²) in [6, 6.07) is 0. The minimum atomic E-state index is -0.317. The van der Waals surface area contributed by atoms with Gasteiger partial charge in [0.15, 0.2) is 0 Å². The molecule has 3 rings (SSSR count). The highest BCUT2D eigenvalue weighted by Gasteiger charge is 2.50. The molecule has 0 amide bonds. The van der Waals surface area contributed by atoms with Gasteiger partial charge in [-0.1, -0.05) is 32.1 Å². The van der Waals surface area contributed by atoms with Gasteiger partial charge >= 0.3 is 5.97 Å². The topological polar surface area (TPSA) is 26.3 Å². The molecule has 2 unspecified atom stereocenters. The van der Waals surface area contributed by atoms with Crippen molar-refractivity contribution in [3.05, 3.63) is 24.3 Å². The van der Waals surface area contributed by atoms with Crippen LogP contribution in [0, 0.1) is 17.3 Å². The monoisotopic (exact) mass is 220 g/mol. The Morgan fingerprint density at radius 2 is 2.44 bits per heavy atom. The first-order valence-electron chi connectivity index (χ1n) is 6.04. The zero-order valence-electron chi connectivity index (χ0n) is 10.2. The fourth-order valence-electron chi connectivity index (χ4n) is 3.09. The van der Waals surface area contributed by atoms with Crippen LogP contribution in [-0.4, -0.2) is 12.6 Å². The van der Waals surface area contributed by atoms with E-state index in [9.17, 15) is 4.79 Å². The van der Waals surface area contributed by atoms with Gasteiger partial charge in [0.05, 0.1) is 6.61 Å². The Kier molecular flexibility index (Phi) is 2.92. The molecule has 0 saturated heterocycles. The predicted octanol–water partition coefficient (Wildman–Crippen LogP) is 3.10. The zero-order valence-corrected chi connectivity index (χ0v) is 10.2. The number of carbonyl (C=O) groups is 1. The Morgan fingerprint density at radius 3 is 3.00 bits per heavy atom. The third-order valence-corrected chi connectivity index (χ3v) is 4.38. The van der Waals surface area contributed by atoms with E-state index in [1.54, 1.807) is 0 Å². The number of fused-ring (bicyclic) bond motifs is 1. The van der Waals surface area contributed by atoms with Gasteiger partial charge in [-0.05, 0) is 30.1 Å². The Labute approximate surface area is 97.4 Å². The number of hydrogen-bond acceptors (Lipinski definition) is 2. The first kappa shape index (κ1) is 11.4. The van der Waals surface area contributed by atoms with Crippen molar-refractivity contribution in [1.82, 2.24) is 0 Å². The molecule has 0 aromatic rings. The molecule has 2 atom stereocenters. The van der Waals surface area contributed by atoms with Gasteiger partial charge < -0.3 is 4.74 Å². The van der Waals surface area contributed by atoms with E-state index in [-0.39, 0.29) is 5.97 Å². The first-order valence-corrected chi connectivity index (χ1v) is 6.04. The molecule has 0 aromatic carbocycles. The second-order valence-electron chi connectivity index (χ2n) is 5.44. The van der Waals surface area contributed by atoms with E-state index in [4.69, 9.17) is 4.74 Å². The van der Waals surface area contributed by atoms with Crippen LogP contribution in [0.3, 0.4) is 0 Å². The lowest BCUT2D eigenvalue weighted by Crippen LogP contribution is -2.48. The summed E-state index contributed by atoms with van der Waals surface area (Å²) < 4.78 is 5.03.